The van der Waals surface area contributed by atoms with Crippen LogP contribution in [0, 0.1) is 6.92 Å². The summed E-state index contributed by atoms with van der Waals surface area (Å²) in [5, 5.41) is 0. The smallest absolute Gasteiger partial charge is 0.283 e. The molecule has 1 fully saturated rings. The molecule has 0 radical (unpaired) electrons. The van der Waals surface area contributed by atoms with Crippen LogP contribution in [-0.2, 0) is 10.0 Å². The lowest BCUT2D eigenvalue weighted by molar-refractivity contribution is 0.494. The maximum atomic E-state index is 12.3. The molecule has 1 aromatic carbocycles. The number of nitrogens with zero attached hydrogens (tertiary/aromatic N) is 2. The van der Waals surface area contributed by atoms with Crippen LogP contribution in [0.3, 0.4) is 0 Å². The van der Waals surface area contributed by atoms with Crippen LogP contribution in [-0.4, -0.2) is 32.7 Å². The third-order valence-electron chi connectivity index (χ3n) is 3.38. The second-order valence-corrected chi connectivity index (χ2v) is 6.63. The van der Waals surface area contributed by atoms with Crippen molar-refractivity contribution in [3.8, 4) is 0 Å². The lowest BCUT2D eigenvalue weighted by Crippen LogP contribution is -2.26. The summed E-state index contributed by atoms with van der Waals surface area (Å²) >= 11 is 0. The first-order chi connectivity index (χ1) is 8.99. The van der Waals surface area contributed by atoms with Gasteiger partial charge in [-0.1, -0.05) is 24.1 Å². The van der Waals surface area contributed by atoms with E-state index in [0.717, 1.165) is 37.8 Å². The number of benzene rings is 1. The summed E-state index contributed by atoms with van der Waals surface area (Å²) in [6.07, 6.45) is 3.97. The van der Waals surface area contributed by atoms with Crippen molar-refractivity contribution in [2.24, 2.45) is 4.40 Å². The van der Waals surface area contributed by atoms with E-state index < -0.39 is 10.0 Å². The quantitative estimate of drug-likeness (QED) is 0.836. The Morgan fingerprint density at radius 2 is 1.79 bits per heavy atom. The summed E-state index contributed by atoms with van der Waals surface area (Å²) in [5.74, 6) is 0.679. The van der Waals surface area contributed by atoms with Gasteiger partial charge in [-0.15, -0.1) is 4.40 Å². The lowest BCUT2D eigenvalue weighted by Gasteiger charge is -2.17. The van der Waals surface area contributed by atoms with Crippen molar-refractivity contribution in [1.29, 1.82) is 0 Å². The van der Waals surface area contributed by atoms with Crippen molar-refractivity contribution in [1.82, 2.24) is 4.90 Å². The van der Waals surface area contributed by atoms with Crippen LogP contribution in [0.2, 0.25) is 0 Å². The Morgan fingerprint density at radius 1 is 1.11 bits per heavy atom. The van der Waals surface area contributed by atoms with Gasteiger partial charge in [0, 0.05) is 20.0 Å². The van der Waals surface area contributed by atoms with Gasteiger partial charge >= 0.3 is 0 Å². The highest BCUT2D eigenvalue weighted by Crippen LogP contribution is 2.17. The largest absolute Gasteiger partial charge is 0.362 e. The first-order valence-electron chi connectivity index (χ1n) is 6.61. The third kappa shape index (κ3) is 3.56. The van der Waals surface area contributed by atoms with Gasteiger partial charge in [0.2, 0.25) is 0 Å². The minimum absolute atomic E-state index is 0.267. The van der Waals surface area contributed by atoms with Crippen LogP contribution in [0.1, 0.15) is 31.2 Å². The maximum absolute atomic E-state index is 12.3. The zero-order valence-electron chi connectivity index (χ0n) is 11.5. The van der Waals surface area contributed by atoms with E-state index in [9.17, 15) is 8.42 Å². The van der Waals surface area contributed by atoms with Gasteiger partial charge in [0.25, 0.3) is 10.0 Å². The van der Waals surface area contributed by atoms with E-state index >= 15 is 0 Å². The third-order valence-corrected chi connectivity index (χ3v) is 4.70. The molecule has 1 heterocycles. The predicted molar refractivity (Wildman–Crippen MR) is 76.9 cm³/mol. The van der Waals surface area contributed by atoms with Gasteiger partial charge in [0.15, 0.2) is 0 Å². The SMILES string of the molecule is Cc1ccc(S(=O)(=O)/N=C2\CCCCCN2C)cc1. The van der Waals surface area contributed by atoms with Crippen LogP contribution < -0.4 is 0 Å². The molecule has 0 N–H and O–H groups in total. The van der Waals surface area contributed by atoms with Crippen LogP contribution >= 0.6 is 0 Å². The molecule has 1 aromatic rings. The molecule has 2 rings (SSSR count). The van der Waals surface area contributed by atoms with Gasteiger partial charge in [-0.2, -0.15) is 8.42 Å². The molecule has 1 aliphatic heterocycles. The maximum Gasteiger partial charge on any atom is 0.283 e. The summed E-state index contributed by atoms with van der Waals surface area (Å²) in [5.41, 5.74) is 1.04. The van der Waals surface area contributed by atoms with Crippen molar-refractivity contribution >= 4 is 15.9 Å². The van der Waals surface area contributed by atoms with E-state index in [1.807, 2.05) is 18.9 Å². The molecule has 5 heteroatoms. The number of rotatable bonds is 2. The highest BCUT2D eigenvalue weighted by atomic mass is 32.2. The monoisotopic (exact) mass is 280 g/mol. The molecule has 1 saturated heterocycles. The zero-order valence-corrected chi connectivity index (χ0v) is 12.3. The molecule has 19 heavy (non-hydrogen) atoms. The second-order valence-electron chi connectivity index (χ2n) is 5.03. The normalized spacial score (nSPS) is 19.5. The minimum Gasteiger partial charge on any atom is -0.362 e. The van der Waals surface area contributed by atoms with Crippen molar-refractivity contribution in [2.75, 3.05) is 13.6 Å². The Hall–Kier alpha value is -1.36. The molecule has 0 bridgehead atoms. The topological polar surface area (TPSA) is 49.7 Å². The minimum atomic E-state index is -3.58. The highest BCUT2D eigenvalue weighted by Gasteiger charge is 2.17. The average molecular weight is 280 g/mol. The van der Waals surface area contributed by atoms with E-state index in [4.69, 9.17) is 0 Å². The van der Waals surface area contributed by atoms with E-state index in [-0.39, 0.29) is 4.90 Å². The summed E-state index contributed by atoms with van der Waals surface area (Å²) in [6.45, 7) is 2.81. The van der Waals surface area contributed by atoms with Crippen molar-refractivity contribution in [3.63, 3.8) is 0 Å². The fraction of sp³-hybridized carbons (Fsp3) is 0.500. The van der Waals surface area contributed by atoms with Crippen molar-refractivity contribution in [2.45, 2.75) is 37.5 Å². The fourth-order valence-electron chi connectivity index (χ4n) is 2.15. The number of likely N-dealkylation sites (tertiary alicyclic amines) is 1. The Morgan fingerprint density at radius 3 is 2.47 bits per heavy atom. The van der Waals surface area contributed by atoms with Gasteiger partial charge in [-0.05, 0) is 31.9 Å². The summed E-state index contributed by atoms with van der Waals surface area (Å²) in [4.78, 5) is 2.22. The van der Waals surface area contributed by atoms with E-state index in [2.05, 4.69) is 4.40 Å². The Bertz CT molecular complexity index is 562. The van der Waals surface area contributed by atoms with Gasteiger partial charge < -0.3 is 4.90 Å². The number of hydrogen-bond acceptors (Lipinski definition) is 2. The summed E-state index contributed by atoms with van der Waals surface area (Å²) < 4.78 is 28.5. The Kier molecular flexibility index (Phi) is 4.24. The number of amidine groups is 1. The van der Waals surface area contributed by atoms with Gasteiger partial charge in [0.1, 0.15) is 5.84 Å². The molecule has 1 aliphatic rings. The molecule has 0 aliphatic carbocycles. The Balaban J connectivity index is 2.31. The molecule has 0 aromatic heterocycles. The molecular formula is C14H20N2O2S. The molecule has 104 valence electrons. The van der Waals surface area contributed by atoms with Crippen LogP contribution in [0.25, 0.3) is 0 Å². The van der Waals surface area contributed by atoms with E-state index in [1.54, 1.807) is 24.3 Å². The molecule has 0 spiro atoms. The average Bonchev–Trinajstić information content (AvgIpc) is 2.55. The van der Waals surface area contributed by atoms with Gasteiger partial charge in [-0.3, -0.25) is 0 Å². The van der Waals surface area contributed by atoms with Crippen molar-refractivity contribution in [3.05, 3.63) is 29.8 Å². The van der Waals surface area contributed by atoms with Crippen LogP contribution in [0.4, 0.5) is 0 Å². The number of hydrogen-bond donors (Lipinski definition) is 0. The van der Waals surface area contributed by atoms with Gasteiger partial charge in [0.05, 0.1) is 4.90 Å². The van der Waals surface area contributed by atoms with E-state index in [1.165, 1.54) is 0 Å². The fourth-order valence-corrected chi connectivity index (χ4v) is 3.24. The molecule has 0 saturated carbocycles. The van der Waals surface area contributed by atoms with Crippen molar-refractivity contribution < 1.29 is 8.42 Å². The molecule has 0 unspecified atom stereocenters. The molecular weight excluding hydrogens is 260 g/mol. The highest BCUT2D eigenvalue weighted by molar-refractivity contribution is 7.90. The molecule has 0 amide bonds. The first kappa shape index (κ1) is 14.1. The van der Waals surface area contributed by atoms with Crippen LogP contribution in [0.5, 0.6) is 0 Å². The van der Waals surface area contributed by atoms with Crippen LogP contribution in [0.15, 0.2) is 33.6 Å². The van der Waals surface area contributed by atoms with Gasteiger partial charge in [-0.25, -0.2) is 0 Å². The second kappa shape index (κ2) is 5.74. The van der Waals surface area contributed by atoms with E-state index in [0.29, 0.717) is 5.84 Å². The standard InChI is InChI=1S/C14H20N2O2S/c1-12-7-9-13(10-8-12)19(17,18)15-14-6-4-3-5-11-16(14)2/h7-10H,3-6,11H2,1-2H3/b15-14+. The first-order valence-corrected chi connectivity index (χ1v) is 8.05. The summed E-state index contributed by atoms with van der Waals surface area (Å²) in [7, 11) is -1.67. The summed E-state index contributed by atoms with van der Waals surface area (Å²) in [6, 6.07) is 6.82. The molecule has 4 nitrogen and oxygen atoms in total. The zero-order chi connectivity index (χ0) is 13.9. The predicted octanol–water partition coefficient (Wildman–Crippen LogP) is 2.59. The molecule has 0 atom stereocenters. The Labute approximate surface area is 115 Å². The number of aryl methyl sites for hydroxylation is 1. The lowest BCUT2D eigenvalue weighted by atomic mass is 10.2. The number of sulfonamides is 1.